The highest BCUT2D eigenvalue weighted by Gasteiger charge is 2.21. The van der Waals surface area contributed by atoms with Crippen LogP contribution in [0.2, 0.25) is 0 Å². The third kappa shape index (κ3) is 5.40. The second kappa shape index (κ2) is 4.89. The summed E-state index contributed by atoms with van der Waals surface area (Å²) in [5.41, 5.74) is 0. The molecule has 4 heteroatoms. The van der Waals surface area contributed by atoms with Crippen LogP contribution in [-0.2, 0) is 9.09 Å². The van der Waals surface area contributed by atoms with E-state index in [-0.39, 0.29) is 12.3 Å². The molecule has 0 bridgehead atoms. The lowest BCUT2D eigenvalue weighted by molar-refractivity contribution is 0.196. The summed E-state index contributed by atoms with van der Waals surface area (Å²) in [6.07, 6.45) is 1.43. The normalized spacial score (nSPS) is 19.3. The summed E-state index contributed by atoms with van der Waals surface area (Å²) in [6, 6.07) is 0. The highest BCUT2D eigenvalue weighted by Crippen LogP contribution is 2.49. The van der Waals surface area contributed by atoms with Gasteiger partial charge in [-0.2, -0.15) is 4.20 Å². The molecule has 0 saturated heterocycles. The Bertz CT molecular complexity index is 149. The molecule has 0 rings (SSSR count). The third-order valence-electron chi connectivity index (χ3n) is 1.41. The molecule has 0 saturated carbocycles. The largest absolute Gasteiger partial charge is 0.367 e. The van der Waals surface area contributed by atoms with Gasteiger partial charge >= 0.3 is 7.68 Å². The maximum absolute atomic E-state index is 12.7. The van der Waals surface area contributed by atoms with Crippen LogP contribution in [-0.4, -0.2) is 12.3 Å². The minimum Gasteiger partial charge on any atom is -0.302 e. The average molecular weight is 182 g/mol. The average Bonchev–Trinajstić information content (AvgIpc) is 1.87. The molecule has 0 aromatic rings. The molecule has 11 heavy (non-hydrogen) atoms. The second-order valence-electron chi connectivity index (χ2n) is 2.61. The van der Waals surface area contributed by atoms with Gasteiger partial charge in [0, 0.05) is 0 Å². The fourth-order valence-corrected chi connectivity index (χ4v) is 1.59. The lowest BCUT2D eigenvalue weighted by Crippen LogP contribution is -2.04. The van der Waals surface area contributed by atoms with E-state index in [0.717, 1.165) is 12.8 Å². The van der Waals surface area contributed by atoms with Crippen LogP contribution in [0.5, 0.6) is 0 Å². The Morgan fingerprint density at radius 3 is 2.45 bits per heavy atom. The van der Waals surface area contributed by atoms with Crippen molar-refractivity contribution < 1.29 is 13.3 Å². The summed E-state index contributed by atoms with van der Waals surface area (Å²) in [7, 11) is -3.76. The molecule has 0 radical (unpaired) electrons. The van der Waals surface area contributed by atoms with Crippen molar-refractivity contribution in [2.75, 3.05) is 6.16 Å². The Hall–Kier alpha value is 0.120. The maximum Gasteiger partial charge on any atom is 0.367 e. The van der Waals surface area contributed by atoms with Crippen molar-refractivity contribution in [1.82, 2.24) is 0 Å². The monoisotopic (exact) mass is 182 g/mol. The van der Waals surface area contributed by atoms with Crippen LogP contribution in [0.1, 0.15) is 33.6 Å². The number of hydrogen-bond acceptors (Lipinski definition) is 2. The van der Waals surface area contributed by atoms with Gasteiger partial charge in [0.05, 0.1) is 12.3 Å². The van der Waals surface area contributed by atoms with Crippen molar-refractivity contribution in [2.24, 2.45) is 0 Å². The molecular weight excluding hydrogens is 166 g/mol. The van der Waals surface area contributed by atoms with E-state index in [1.165, 1.54) is 6.92 Å². The van der Waals surface area contributed by atoms with Crippen LogP contribution in [0.4, 0.5) is 4.20 Å². The molecule has 0 fully saturated rings. The lowest BCUT2D eigenvalue weighted by Gasteiger charge is -2.13. The lowest BCUT2D eigenvalue weighted by atomic mass is 10.2. The third-order valence-corrected chi connectivity index (χ3v) is 2.84. The molecule has 0 N–H and O–H groups in total. The molecule has 0 aromatic carbocycles. The quantitative estimate of drug-likeness (QED) is 0.609. The summed E-state index contributed by atoms with van der Waals surface area (Å²) in [6.45, 7) is 5.25. The van der Waals surface area contributed by atoms with Crippen molar-refractivity contribution >= 4 is 7.68 Å². The van der Waals surface area contributed by atoms with E-state index in [1.54, 1.807) is 6.92 Å². The first-order chi connectivity index (χ1) is 5.02. The molecule has 0 aliphatic carbocycles. The van der Waals surface area contributed by atoms with Crippen LogP contribution >= 0.6 is 7.68 Å². The zero-order valence-electron chi connectivity index (χ0n) is 7.34. The van der Waals surface area contributed by atoms with Gasteiger partial charge in [-0.3, -0.25) is 4.57 Å². The van der Waals surface area contributed by atoms with Crippen LogP contribution in [0, 0.1) is 0 Å². The molecule has 2 nitrogen and oxygen atoms in total. The molecule has 0 aliphatic heterocycles. The Morgan fingerprint density at radius 1 is 1.55 bits per heavy atom. The zero-order valence-corrected chi connectivity index (χ0v) is 8.23. The first-order valence-corrected chi connectivity index (χ1v) is 5.69. The van der Waals surface area contributed by atoms with E-state index in [4.69, 9.17) is 4.52 Å². The smallest absolute Gasteiger partial charge is 0.302 e. The predicted octanol–water partition coefficient (Wildman–Crippen LogP) is 3.37. The second-order valence-corrected chi connectivity index (χ2v) is 4.64. The van der Waals surface area contributed by atoms with Gasteiger partial charge in [0.25, 0.3) is 0 Å². The first-order valence-electron chi connectivity index (χ1n) is 3.99. The molecule has 2 unspecified atom stereocenters. The highest BCUT2D eigenvalue weighted by atomic mass is 31.2. The van der Waals surface area contributed by atoms with Crippen molar-refractivity contribution in [3.63, 3.8) is 0 Å². The minimum absolute atomic E-state index is 0.0267. The Kier molecular flexibility index (Phi) is 4.94. The molecule has 68 valence electrons. The molecular formula is C7H16FO2P. The number of hydrogen-bond donors (Lipinski definition) is 0. The first kappa shape index (κ1) is 11.1. The van der Waals surface area contributed by atoms with E-state index in [2.05, 4.69) is 0 Å². The molecule has 0 aromatic heterocycles. The van der Waals surface area contributed by atoms with Gasteiger partial charge in [0.2, 0.25) is 0 Å². The topological polar surface area (TPSA) is 26.3 Å². The molecule has 0 amide bonds. The van der Waals surface area contributed by atoms with Crippen molar-refractivity contribution in [3.05, 3.63) is 0 Å². The van der Waals surface area contributed by atoms with Gasteiger partial charge in [-0.15, -0.1) is 0 Å². The fourth-order valence-electron chi connectivity index (χ4n) is 0.802. The summed E-state index contributed by atoms with van der Waals surface area (Å²) in [5.74, 6) is 0. The van der Waals surface area contributed by atoms with Crippen LogP contribution in [0.3, 0.4) is 0 Å². The van der Waals surface area contributed by atoms with Gasteiger partial charge in [0.15, 0.2) is 0 Å². The summed E-state index contributed by atoms with van der Waals surface area (Å²) in [5, 5.41) is 0. The van der Waals surface area contributed by atoms with Gasteiger partial charge < -0.3 is 4.52 Å². The molecule has 2 atom stereocenters. The van der Waals surface area contributed by atoms with E-state index < -0.39 is 7.68 Å². The summed E-state index contributed by atoms with van der Waals surface area (Å²) in [4.78, 5) is 0. The fraction of sp³-hybridized carbons (Fsp3) is 1.00. The SMILES string of the molecule is CCCC(C)OP(=O)(F)CC. The van der Waals surface area contributed by atoms with E-state index >= 15 is 0 Å². The Balaban J connectivity index is 3.74. The highest BCUT2D eigenvalue weighted by molar-refractivity contribution is 7.53. The van der Waals surface area contributed by atoms with Crippen molar-refractivity contribution in [3.8, 4) is 0 Å². The van der Waals surface area contributed by atoms with Crippen molar-refractivity contribution in [2.45, 2.75) is 39.7 Å². The molecule has 0 aliphatic rings. The zero-order chi connectivity index (χ0) is 8.91. The van der Waals surface area contributed by atoms with E-state index in [9.17, 15) is 8.76 Å². The van der Waals surface area contributed by atoms with Gasteiger partial charge in [-0.05, 0) is 13.3 Å². The van der Waals surface area contributed by atoms with Gasteiger partial charge in [-0.25, -0.2) is 0 Å². The minimum atomic E-state index is -3.76. The summed E-state index contributed by atoms with van der Waals surface area (Å²) < 4.78 is 28.2. The van der Waals surface area contributed by atoms with Gasteiger partial charge in [-0.1, -0.05) is 20.3 Å². The van der Waals surface area contributed by atoms with Crippen LogP contribution in [0.25, 0.3) is 0 Å². The van der Waals surface area contributed by atoms with E-state index in [1.807, 2.05) is 6.92 Å². The predicted molar refractivity (Wildman–Crippen MR) is 44.7 cm³/mol. The van der Waals surface area contributed by atoms with E-state index in [0.29, 0.717) is 0 Å². The molecule has 0 spiro atoms. The van der Waals surface area contributed by atoms with Gasteiger partial charge in [0.1, 0.15) is 0 Å². The maximum atomic E-state index is 12.7. The molecule has 0 heterocycles. The number of halogens is 1. The van der Waals surface area contributed by atoms with Crippen LogP contribution < -0.4 is 0 Å². The summed E-state index contributed by atoms with van der Waals surface area (Å²) >= 11 is 0. The Morgan fingerprint density at radius 2 is 2.09 bits per heavy atom. The van der Waals surface area contributed by atoms with Crippen molar-refractivity contribution in [1.29, 1.82) is 0 Å². The Labute approximate surface area is 67.7 Å². The van der Waals surface area contributed by atoms with Crippen LogP contribution in [0.15, 0.2) is 0 Å². The standard InChI is InChI=1S/C7H16FO2P/c1-4-6-7(3)10-11(8,9)5-2/h7H,4-6H2,1-3H3. The number of rotatable bonds is 5.